The standard InChI is InChI=1S/C9H21FO3Si/c1-6-11-14(10,12-7-2)13-9(5)8(3)4/h8-9H,6-7H2,1-5H3. The van der Waals surface area contributed by atoms with Gasteiger partial charge >= 0.3 is 9.14 Å². The van der Waals surface area contributed by atoms with Gasteiger partial charge in [-0.2, -0.15) is 0 Å². The molecule has 0 fully saturated rings. The van der Waals surface area contributed by atoms with Crippen molar-refractivity contribution in [1.29, 1.82) is 0 Å². The molecule has 0 aliphatic carbocycles. The van der Waals surface area contributed by atoms with Gasteiger partial charge < -0.3 is 13.3 Å². The van der Waals surface area contributed by atoms with E-state index in [1.807, 2.05) is 20.8 Å². The normalized spacial score (nSPS) is 14.8. The van der Waals surface area contributed by atoms with Crippen LogP contribution in [0.1, 0.15) is 34.6 Å². The molecule has 0 saturated heterocycles. The molecule has 14 heavy (non-hydrogen) atoms. The monoisotopic (exact) mass is 224 g/mol. The maximum absolute atomic E-state index is 13.9. The fourth-order valence-electron chi connectivity index (χ4n) is 0.813. The van der Waals surface area contributed by atoms with Crippen LogP contribution in [0.4, 0.5) is 4.11 Å². The topological polar surface area (TPSA) is 27.7 Å². The van der Waals surface area contributed by atoms with Crippen molar-refractivity contribution in [2.75, 3.05) is 13.2 Å². The third-order valence-corrected chi connectivity index (χ3v) is 3.82. The first kappa shape index (κ1) is 14.0. The van der Waals surface area contributed by atoms with E-state index in [4.69, 9.17) is 13.3 Å². The Morgan fingerprint density at radius 3 is 1.79 bits per heavy atom. The Balaban J connectivity index is 4.20. The molecular weight excluding hydrogens is 203 g/mol. The number of rotatable bonds is 7. The summed E-state index contributed by atoms with van der Waals surface area (Å²) < 4.78 is 28.9. The van der Waals surface area contributed by atoms with Gasteiger partial charge in [0.15, 0.2) is 0 Å². The molecule has 0 rings (SSSR count). The summed E-state index contributed by atoms with van der Waals surface area (Å²) in [5.41, 5.74) is 0. The molecule has 5 heteroatoms. The van der Waals surface area contributed by atoms with Gasteiger partial charge in [0.2, 0.25) is 0 Å². The molecule has 0 aromatic carbocycles. The van der Waals surface area contributed by atoms with Crippen LogP contribution in [-0.2, 0) is 13.3 Å². The summed E-state index contributed by atoms with van der Waals surface area (Å²) in [7, 11) is -3.88. The van der Waals surface area contributed by atoms with Crippen molar-refractivity contribution in [2.45, 2.75) is 40.7 Å². The van der Waals surface area contributed by atoms with E-state index >= 15 is 0 Å². The minimum absolute atomic E-state index is 0.190. The third kappa shape index (κ3) is 5.04. The molecule has 0 saturated carbocycles. The number of hydrogen-bond acceptors (Lipinski definition) is 3. The molecule has 86 valence electrons. The fourth-order valence-corrected chi connectivity index (χ4v) is 2.44. The minimum Gasteiger partial charge on any atom is -0.348 e. The molecule has 0 aromatic rings. The van der Waals surface area contributed by atoms with E-state index < -0.39 is 9.14 Å². The molecular formula is C9H21FO3Si. The lowest BCUT2D eigenvalue weighted by molar-refractivity contribution is -0.0108. The van der Waals surface area contributed by atoms with Crippen molar-refractivity contribution >= 4 is 9.14 Å². The van der Waals surface area contributed by atoms with Gasteiger partial charge in [-0.3, -0.25) is 0 Å². The van der Waals surface area contributed by atoms with Gasteiger partial charge in [-0.25, -0.2) is 4.11 Å². The van der Waals surface area contributed by atoms with E-state index in [1.54, 1.807) is 13.8 Å². The van der Waals surface area contributed by atoms with Crippen molar-refractivity contribution in [3.63, 3.8) is 0 Å². The molecule has 0 heterocycles. The van der Waals surface area contributed by atoms with Crippen LogP contribution in [0.5, 0.6) is 0 Å². The van der Waals surface area contributed by atoms with Crippen LogP contribution in [0.3, 0.4) is 0 Å². The molecule has 1 unspecified atom stereocenters. The zero-order valence-corrected chi connectivity index (χ0v) is 10.7. The maximum atomic E-state index is 13.9. The van der Waals surface area contributed by atoms with E-state index in [9.17, 15) is 4.11 Å². The van der Waals surface area contributed by atoms with E-state index in [2.05, 4.69) is 0 Å². The first-order valence-electron chi connectivity index (χ1n) is 5.09. The van der Waals surface area contributed by atoms with Crippen LogP contribution in [0.2, 0.25) is 0 Å². The first-order chi connectivity index (χ1) is 6.45. The minimum atomic E-state index is -3.88. The maximum Gasteiger partial charge on any atom is 0.720 e. The lowest BCUT2D eigenvalue weighted by Crippen LogP contribution is -2.45. The summed E-state index contributed by atoms with van der Waals surface area (Å²) in [5, 5.41) is 0. The Morgan fingerprint density at radius 2 is 1.50 bits per heavy atom. The summed E-state index contributed by atoms with van der Waals surface area (Å²) >= 11 is 0. The second kappa shape index (κ2) is 6.50. The largest absolute Gasteiger partial charge is 0.720 e. The molecule has 0 amide bonds. The second-order valence-electron chi connectivity index (χ2n) is 3.41. The Bertz CT molecular complexity index is 149. The molecule has 0 aliphatic heterocycles. The molecule has 3 nitrogen and oxygen atoms in total. The predicted molar refractivity (Wildman–Crippen MR) is 55.5 cm³/mol. The SMILES string of the molecule is CCO[Si](F)(OCC)OC(C)C(C)C. The van der Waals surface area contributed by atoms with Crippen LogP contribution in [0, 0.1) is 5.92 Å². The zero-order valence-electron chi connectivity index (χ0n) is 9.67. The quantitative estimate of drug-likeness (QED) is 0.491. The van der Waals surface area contributed by atoms with Gasteiger partial charge in [-0.1, -0.05) is 13.8 Å². The zero-order chi connectivity index (χ0) is 11.2. The Hall–Kier alpha value is 0.0269. The highest BCUT2D eigenvalue weighted by Crippen LogP contribution is 2.17. The molecule has 1 atom stereocenters. The van der Waals surface area contributed by atoms with E-state index in [1.165, 1.54) is 0 Å². The second-order valence-corrected chi connectivity index (χ2v) is 5.19. The highest BCUT2D eigenvalue weighted by atomic mass is 28.4. The third-order valence-electron chi connectivity index (χ3n) is 1.90. The van der Waals surface area contributed by atoms with E-state index in [0.717, 1.165) is 0 Å². The fraction of sp³-hybridized carbons (Fsp3) is 1.00. The molecule has 0 radical (unpaired) electrons. The van der Waals surface area contributed by atoms with Gasteiger partial charge in [0, 0.05) is 13.2 Å². The van der Waals surface area contributed by atoms with E-state index in [0.29, 0.717) is 0 Å². The number of hydrogen-bond donors (Lipinski definition) is 0. The van der Waals surface area contributed by atoms with Gasteiger partial charge in [0.25, 0.3) is 0 Å². The summed E-state index contributed by atoms with van der Waals surface area (Å²) in [6.45, 7) is 9.76. The number of halogens is 1. The molecule has 0 aliphatic rings. The highest BCUT2D eigenvalue weighted by Gasteiger charge is 2.45. The van der Waals surface area contributed by atoms with Crippen molar-refractivity contribution in [2.24, 2.45) is 5.92 Å². The average molecular weight is 224 g/mol. The van der Waals surface area contributed by atoms with Crippen molar-refractivity contribution < 1.29 is 17.4 Å². The van der Waals surface area contributed by atoms with Crippen LogP contribution in [0.15, 0.2) is 0 Å². The van der Waals surface area contributed by atoms with Crippen molar-refractivity contribution in [3.8, 4) is 0 Å². The first-order valence-corrected chi connectivity index (χ1v) is 6.70. The van der Waals surface area contributed by atoms with Crippen molar-refractivity contribution in [3.05, 3.63) is 0 Å². The van der Waals surface area contributed by atoms with Gasteiger partial charge in [0.05, 0.1) is 6.10 Å². The Morgan fingerprint density at radius 1 is 1.07 bits per heavy atom. The van der Waals surface area contributed by atoms with Crippen LogP contribution in [0.25, 0.3) is 0 Å². The predicted octanol–water partition coefficient (Wildman–Crippen LogP) is 2.53. The lowest BCUT2D eigenvalue weighted by atomic mass is 10.1. The van der Waals surface area contributed by atoms with Crippen molar-refractivity contribution in [1.82, 2.24) is 0 Å². The molecule has 0 bridgehead atoms. The Kier molecular flexibility index (Phi) is 6.51. The van der Waals surface area contributed by atoms with Gasteiger partial charge in [-0.15, -0.1) is 0 Å². The van der Waals surface area contributed by atoms with E-state index in [-0.39, 0.29) is 25.2 Å². The highest BCUT2D eigenvalue weighted by molar-refractivity contribution is 6.52. The Labute approximate surface area is 87.1 Å². The van der Waals surface area contributed by atoms with Crippen LogP contribution < -0.4 is 0 Å². The average Bonchev–Trinajstić information content (AvgIpc) is 2.04. The summed E-state index contributed by atoms with van der Waals surface area (Å²) in [4.78, 5) is 0. The molecule has 0 N–H and O–H groups in total. The molecule has 0 aromatic heterocycles. The van der Waals surface area contributed by atoms with Crippen LogP contribution in [-0.4, -0.2) is 28.5 Å². The van der Waals surface area contributed by atoms with Gasteiger partial charge in [-0.05, 0) is 26.7 Å². The summed E-state index contributed by atoms with van der Waals surface area (Å²) in [6.07, 6.45) is -0.190. The molecule has 0 spiro atoms. The smallest absolute Gasteiger partial charge is 0.348 e. The van der Waals surface area contributed by atoms with Gasteiger partial charge in [0.1, 0.15) is 0 Å². The summed E-state index contributed by atoms with van der Waals surface area (Å²) in [5.74, 6) is 0.249. The summed E-state index contributed by atoms with van der Waals surface area (Å²) in [6, 6.07) is 0. The lowest BCUT2D eigenvalue weighted by Gasteiger charge is -2.25. The van der Waals surface area contributed by atoms with Crippen LogP contribution >= 0.6 is 0 Å².